The maximum absolute atomic E-state index is 12.5. The van der Waals surface area contributed by atoms with Crippen molar-refractivity contribution in [3.05, 3.63) is 53.2 Å². The maximum Gasteiger partial charge on any atom is 0.256 e. The number of aryl methyl sites for hydroxylation is 1. The van der Waals surface area contributed by atoms with Crippen molar-refractivity contribution in [2.24, 2.45) is 0 Å². The number of nitrogens with zero attached hydrogens (tertiary/aromatic N) is 1. The molecule has 5 heteroatoms. The number of rotatable bonds is 5. The second-order valence-electron chi connectivity index (χ2n) is 4.92. The van der Waals surface area contributed by atoms with Gasteiger partial charge in [-0.15, -0.1) is 0 Å². The van der Waals surface area contributed by atoms with Gasteiger partial charge in [-0.05, 0) is 37.6 Å². The fraction of sp³-hybridized carbons (Fsp3) is 0.222. The zero-order chi connectivity index (χ0) is 16.8. The summed E-state index contributed by atoms with van der Waals surface area (Å²) >= 11 is 0. The smallest absolute Gasteiger partial charge is 0.256 e. The van der Waals surface area contributed by atoms with E-state index in [1.165, 1.54) is 0 Å². The largest absolute Gasteiger partial charge is 0.493 e. The van der Waals surface area contributed by atoms with Gasteiger partial charge in [-0.2, -0.15) is 0 Å². The molecule has 5 nitrogen and oxygen atoms in total. The van der Waals surface area contributed by atoms with Gasteiger partial charge in [0.1, 0.15) is 5.82 Å². The highest BCUT2D eigenvalue weighted by molar-refractivity contribution is 6.05. The number of hydrogen-bond donors (Lipinski definition) is 1. The van der Waals surface area contributed by atoms with E-state index in [4.69, 9.17) is 9.47 Å². The summed E-state index contributed by atoms with van der Waals surface area (Å²) in [4.78, 5) is 16.7. The number of allylic oxidation sites excluding steroid dienone is 1. The summed E-state index contributed by atoms with van der Waals surface area (Å²) in [6.07, 6.45) is 5.38. The Morgan fingerprint density at radius 3 is 2.65 bits per heavy atom. The molecule has 0 radical (unpaired) electrons. The molecule has 0 saturated heterocycles. The standard InChI is InChI=1S/C18H20N2O3/c1-5-7-13-10-14(11-15(22-3)16(13)23-4)18(21)20-17-12(2)8-6-9-19-17/h5-11H,1-4H3,(H,19,20,21). The first-order valence-electron chi connectivity index (χ1n) is 7.22. The molecule has 0 atom stereocenters. The third-order valence-electron chi connectivity index (χ3n) is 3.36. The molecular weight excluding hydrogens is 292 g/mol. The zero-order valence-corrected chi connectivity index (χ0v) is 13.7. The fourth-order valence-corrected chi connectivity index (χ4v) is 2.22. The topological polar surface area (TPSA) is 60.5 Å². The van der Waals surface area contributed by atoms with E-state index in [1.807, 2.05) is 38.1 Å². The van der Waals surface area contributed by atoms with Gasteiger partial charge in [0.05, 0.1) is 14.2 Å². The Labute approximate surface area is 136 Å². The van der Waals surface area contributed by atoms with Crippen LogP contribution in [0.2, 0.25) is 0 Å². The molecule has 23 heavy (non-hydrogen) atoms. The summed E-state index contributed by atoms with van der Waals surface area (Å²) < 4.78 is 10.7. The molecule has 0 aliphatic heterocycles. The van der Waals surface area contributed by atoms with E-state index in [0.29, 0.717) is 22.9 Å². The van der Waals surface area contributed by atoms with Gasteiger partial charge in [0, 0.05) is 17.3 Å². The van der Waals surface area contributed by atoms with Crippen molar-refractivity contribution in [2.45, 2.75) is 13.8 Å². The van der Waals surface area contributed by atoms with E-state index in [2.05, 4.69) is 10.3 Å². The van der Waals surface area contributed by atoms with Gasteiger partial charge in [-0.3, -0.25) is 4.79 Å². The first-order chi connectivity index (χ1) is 11.1. The number of methoxy groups -OCH3 is 2. The Balaban J connectivity index is 2.40. The summed E-state index contributed by atoms with van der Waals surface area (Å²) in [5, 5.41) is 2.81. The van der Waals surface area contributed by atoms with Crippen molar-refractivity contribution >= 4 is 17.8 Å². The van der Waals surface area contributed by atoms with Crippen LogP contribution in [0.3, 0.4) is 0 Å². The number of aromatic nitrogens is 1. The van der Waals surface area contributed by atoms with Crippen molar-refractivity contribution in [3.63, 3.8) is 0 Å². The second kappa shape index (κ2) is 7.45. The molecule has 2 rings (SSSR count). The van der Waals surface area contributed by atoms with E-state index < -0.39 is 0 Å². The Morgan fingerprint density at radius 2 is 2.04 bits per heavy atom. The number of nitrogens with one attached hydrogen (secondary N) is 1. The molecule has 120 valence electrons. The van der Waals surface area contributed by atoms with Crippen LogP contribution in [0.15, 0.2) is 36.5 Å². The van der Waals surface area contributed by atoms with Crippen LogP contribution >= 0.6 is 0 Å². The van der Waals surface area contributed by atoms with Crippen LogP contribution in [-0.4, -0.2) is 25.1 Å². The molecule has 1 aromatic heterocycles. The van der Waals surface area contributed by atoms with E-state index >= 15 is 0 Å². The number of amides is 1. The molecule has 1 amide bonds. The Kier molecular flexibility index (Phi) is 5.36. The van der Waals surface area contributed by atoms with Crippen LogP contribution in [0.5, 0.6) is 11.5 Å². The van der Waals surface area contributed by atoms with Crippen molar-refractivity contribution < 1.29 is 14.3 Å². The van der Waals surface area contributed by atoms with Crippen LogP contribution in [0.4, 0.5) is 5.82 Å². The normalized spacial score (nSPS) is 10.6. The van der Waals surface area contributed by atoms with Crippen LogP contribution in [-0.2, 0) is 0 Å². The highest BCUT2D eigenvalue weighted by atomic mass is 16.5. The zero-order valence-electron chi connectivity index (χ0n) is 13.7. The molecule has 0 unspecified atom stereocenters. The minimum atomic E-state index is -0.251. The van der Waals surface area contributed by atoms with E-state index in [0.717, 1.165) is 11.1 Å². The summed E-state index contributed by atoms with van der Waals surface area (Å²) in [6, 6.07) is 7.13. The number of hydrogen-bond acceptors (Lipinski definition) is 4. The molecule has 0 aliphatic rings. The van der Waals surface area contributed by atoms with Gasteiger partial charge in [0.2, 0.25) is 0 Å². The van der Waals surface area contributed by atoms with Crippen molar-refractivity contribution in [3.8, 4) is 11.5 Å². The monoisotopic (exact) mass is 312 g/mol. The van der Waals surface area contributed by atoms with Gasteiger partial charge in [0.25, 0.3) is 5.91 Å². The van der Waals surface area contributed by atoms with Gasteiger partial charge in [-0.25, -0.2) is 4.98 Å². The molecule has 0 bridgehead atoms. The van der Waals surface area contributed by atoms with Crippen LogP contribution < -0.4 is 14.8 Å². The number of anilines is 1. The van der Waals surface area contributed by atoms with E-state index in [9.17, 15) is 4.79 Å². The quantitative estimate of drug-likeness (QED) is 0.914. The third kappa shape index (κ3) is 3.69. The molecule has 1 aromatic carbocycles. The van der Waals surface area contributed by atoms with Gasteiger partial charge >= 0.3 is 0 Å². The minimum absolute atomic E-state index is 0.251. The molecule has 0 fully saturated rings. The molecular formula is C18H20N2O3. The summed E-state index contributed by atoms with van der Waals surface area (Å²) in [5.41, 5.74) is 2.15. The lowest BCUT2D eigenvalue weighted by molar-refractivity contribution is 0.102. The van der Waals surface area contributed by atoms with Gasteiger partial charge in [0.15, 0.2) is 11.5 Å². The van der Waals surface area contributed by atoms with Crippen LogP contribution in [0.25, 0.3) is 6.08 Å². The first-order valence-corrected chi connectivity index (χ1v) is 7.22. The lowest BCUT2D eigenvalue weighted by Crippen LogP contribution is -2.14. The molecule has 0 aliphatic carbocycles. The number of pyridine rings is 1. The van der Waals surface area contributed by atoms with E-state index in [1.54, 1.807) is 32.5 Å². The highest BCUT2D eigenvalue weighted by Gasteiger charge is 2.15. The Morgan fingerprint density at radius 1 is 1.26 bits per heavy atom. The maximum atomic E-state index is 12.5. The second-order valence-corrected chi connectivity index (χ2v) is 4.92. The Bertz CT molecular complexity index is 739. The van der Waals surface area contributed by atoms with Crippen molar-refractivity contribution in [2.75, 3.05) is 19.5 Å². The lowest BCUT2D eigenvalue weighted by atomic mass is 10.1. The summed E-state index contributed by atoms with van der Waals surface area (Å²) in [5.74, 6) is 1.39. The average Bonchev–Trinajstić information content (AvgIpc) is 2.56. The average molecular weight is 312 g/mol. The SMILES string of the molecule is CC=Cc1cc(C(=O)Nc2ncccc2C)cc(OC)c1OC. The molecule has 0 saturated carbocycles. The molecule has 0 spiro atoms. The van der Waals surface area contributed by atoms with Crippen molar-refractivity contribution in [1.82, 2.24) is 4.98 Å². The number of benzene rings is 1. The van der Waals surface area contributed by atoms with Crippen LogP contribution in [0, 0.1) is 6.92 Å². The predicted octanol–water partition coefficient (Wildman–Crippen LogP) is 3.69. The van der Waals surface area contributed by atoms with Crippen molar-refractivity contribution in [1.29, 1.82) is 0 Å². The fourth-order valence-electron chi connectivity index (χ4n) is 2.22. The summed E-state index contributed by atoms with van der Waals surface area (Å²) in [6.45, 7) is 3.79. The summed E-state index contributed by atoms with van der Waals surface area (Å²) in [7, 11) is 3.11. The molecule has 1 heterocycles. The third-order valence-corrected chi connectivity index (χ3v) is 3.36. The first kappa shape index (κ1) is 16.5. The number of carbonyl (C=O) groups excluding carboxylic acids is 1. The Hall–Kier alpha value is -2.82. The van der Waals surface area contributed by atoms with Gasteiger partial charge in [-0.1, -0.05) is 18.2 Å². The van der Waals surface area contributed by atoms with Gasteiger partial charge < -0.3 is 14.8 Å². The number of carbonyl (C=O) groups is 1. The minimum Gasteiger partial charge on any atom is -0.493 e. The lowest BCUT2D eigenvalue weighted by Gasteiger charge is -2.13. The van der Waals surface area contributed by atoms with E-state index in [-0.39, 0.29) is 5.91 Å². The van der Waals surface area contributed by atoms with Crippen LogP contribution in [0.1, 0.15) is 28.4 Å². The number of ether oxygens (including phenoxy) is 2. The predicted molar refractivity (Wildman–Crippen MR) is 91.2 cm³/mol. The highest BCUT2D eigenvalue weighted by Crippen LogP contribution is 2.33. The molecule has 1 N–H and O–H groups in total. The molecule has 2 aromatic rings.